The SMILES string of the molecule is CCOC(=O)Nc1c(F)cc(C(C)=O)cc1Cl. The fourth-order valence-corrected chi connectivity index (χ4v) is 1.42. The smallest absolute Gasteiger partial charge is 0.411 e. The maximum atomic E-state index is 13.6. The van der Waals surface area contributed by atoms with E-state index < -0.39 is 11.9 Å². The van der Waals surface area contributed by atoms with Gasteiger partial charge in [-0.3, -0.25) is 10.1 Å². The molecule has 0 unspecified atom stereocenters. The highest BCUT2D eigenvalue weighted by Gasteiger charge is 2.14. The zero-order valence-corrected chi connectivity index (χ0v) is 10.1. The number of carbonyl (C=O) groups is 2. The molecule has 0 aromatic heterocycles. The number of ketones is 1. The summed E-state index contributed by atoms with van der Waals surface area (Å²) in [6, 6.07) is 2.30. The van der Waals surface area contributed by atoms with E-state index >= 15 is 0 Å². The lowest BCUT2D eigenvalue weighted by Crippen LogP contribution is -2.15. The Morgan fingerprint density at radius 2 is 2.12 bits per heavy atom. The van der Waals surface area contributed by atoms with Crippen LogP contribution in [-0.2, 0) is 4.74 Å². The van der Waals surface area contributed by atoms with Crippen molar-refractivity contribution < 1.29 is 18.7 Å². The number of ether oxygens (including phenoxy) is 1. The van der Waals surface area contributed by atoms with Gasteiger partial charge in [0.2, 0.25) is 0 Å². The molecular formula is C11H11ClFNO3. The van der Waals surface area contributed by atoms with Crippen LogP contribution in [0.15, 0.2) is 12.1 Å². The molecule has 0 saturated heterocycles. The molecule has 0 saturated carbocycles. The van der Waals surface area contributed by atoms with E-state index in [0.29, 0.717) is 0 Å². The molecule has 0 heterocycles. The first kappa shape index (κ1) is 13.4. The maximum absolute atomic E-state index is 13.6. The summed E-state index contributed by atoms with van der Waals surface area (Å²) in [6.07, 6.45) is -0.802. The third kappa shape index (κ3) is 3.42. The minimum Gasteiger partial charge on any atom is -0.450 e. The van der Waals surface area contributed by atoms with E-state index in [2.05, 4.69) is 10.1 Å². The number of amides is 1. The molecular weight excluding hydrogens is 249 g/mol. The van der Waals surface area contributed by atoms with Crippen LogP contribution in [0, 0.1) is 5.82 Å². The van der Waals surface area contributed by atoms with Crippen molar-refractivity contribution in [2.75, 3.05) is 11.9 Å². The summed E-state index contributed by atoms with van der Waals surface area (Å²) < 4.78 is 18.2. The van der Waals surface area contributed by atoms with Crippen molar-refractivity contribution in [3.8, 4) is 0 Å². The van der Waals surface area contributed by atoms with Gasteiger partial charge >= 0.3 is 6.09 Å². The van der Waals surface area contributed by atoms with E-state index in [-0.39, 0.29) is 28.7 Å². The summed E-state index contributed by atoms with van der Waals surface area (Å²) in [4.78, 5) is 22.2. The van der Waals surface area contributed by atoms with Crippen molar-refractivity contribution >= 4 is 29.2 Å². The first-order chi connectivity index (χ1) is 7.95. The van der Waals surface area contributed by atoms with Crippen molar-refractivity contribution in [3.63, 3.8) is 0 Å². The van der Waals surface area contributed by atoms with Crippen molar-refractivity contribution in [1.82, 2.24) is 0 Å². The third-order valence-corrected chi connectivity index (χ3v) is 2.25. The van der Waals surface area contributed by atoms with Gasteiger partial charge in [-0.15, -0.1) is 0 Å². The second kappa shape index (κ2) is 5.63. The van der Waals surface area contributed by atoms with E-state index in [1.54, 1.807) is 6.92 Å². The molecule has 92 valence electrons. The number of halogens is 2. The lowest BCUT2D eigenvalue weighted by Gasteiger charge is -2.09. The number of rotatable bonds is 3. The van der Waals surface area contributed by atoms with Crippen molar-refractivity contribution in [3.05, 3.63) is 28.5 Å². The Morgan fingerprint density at radius 3 is 2.59 bits per heavy atom. The number of hydrogen-bond donors (Lipinski definition) is 1. The van der Waals surface area contributed by atoms with Gasteiger partial charge < -0.3 is 4.74 Å². The average Bonchev–Trinajstić information content (AvgIpc) is 2.23. The standard InChI is InChI=1S/C11H11ClFNO3/c1-3-17-11(16)14-10-8(12)4-7(6(2)15)5-9(10)13/h4-5H,3H2,1-2H3,(H,14,16). The van der Waals surface area contributed by atoms with Crippen LogP contribution in [0.4, 0.5) is 14.9 Å². The zero-order chi connectivity index (χ0) is 13.0. The van der Waals surface area contributed by atoms with Gasteiger partial charge in [0.1, 0.15) is 5.82 Å². The molecule has 17 heavy (non-hydrogen) atoms. The Hall–Kier alpha value is -1.62. The van der Waals surface area contributed by atoms with Gasteiger partial charge in [-0.1, -0.05) is 11.6 Å². The predicted molar refractivity (Wildman–Crippen MR) is 62.1 cm³/mol. The van der Waals surface area contributed by atoms with Crippen LogP contribution in [-0.4, -0.2) is 18.5 Å². The zero-order valence-electron chi connectivity index (χ0n) is 9.34. The maximum Gasteiger partial charge on any atom is 0.411 e. The summed E-state index contributed by atoms with van der Waals surface area (Å²) in [5.74, 6) is -1.09. The van der Waals surface area contributed by atoms with Gasteiger partial charge in [-0.25, -0.2) is 9.18 Å². The Balaban J connectivity index is 3.01. The summed E-state index contributed by atoms with van der Waals surface area (Å²) in [6.45, 7) is 3.08. The second-order valence-electron chi connectivity index (χ2n) is 3.22. The topological polar surface area (TPSA) is 55.4 Å². The largest absolute Gasteiger partial charge is 0.450 e. The van der Waals surface area contributed by atoms with Crippen LogP contribution in [0.2, 0.25) is 5.02 Å². The van der Waals surface area contributed by atoms with E-state index in [1.165, 1.54) is 13.0 Å². The van der Waals surface area contributed by atoms with Crippen LogP contribution < -0.4 is 5.32 Å². The highest BCUT2D eigenvalue weighted by atomic mass is 35.5. The van der Waals surface area contributed by atoms with Crippen molar-refractivity contribution in [1.29, 1.82) is 0 Å². The van der Waals surface area contributed by atoms with Crippen LogP contribution in [0.3, 0.4) is 0 Å². The molecule has 0 aliphatic heterocycles. The Bertz CT molecular complexity index is 439. The van der Waals surface area contributed by atoms with E-state index in [1.807, 2.05) is 0 Å². The molecule has 1 amide bonds. The quantitative estimate of drug-likeness (QED) is 0.848. The van der Waals surface area contributed by atoms with E-state index in [4.69, 9.17) is 11.6 Å². The Kier molecular flexibility index (Phi) is 4.45. The number of Topliss-reactive ketones (excluding diaryl/α,β-unsaturated/α-hetero) is 1. The van der Waals surface area contributed by atoms with E-state index in [9.17, 15) is 14.0 Å². The molecule has 0 radical (unpaired) electrons. The molecule has 0 aliphatic carbocycles. The molecule has 1 aromatic carbocycles. The van der Waals surface area contributed by atoms with Gasteiger partial charge in [0, 0.05) is 5.56 Å². The lowest BCUT2D eigenvalue weighted by molar-refractivity contribution is 0.101. The van der Waals surface area contributed by atoms with Crippen LogP contribution in [0.1, 0.15) is 24.2 Å². The first-order valence-corrected chi connectivity index (χ1v) is 5.27. The second-order valence-corrected chi connectivity index (χ2v) is 3.62. The number of carbonyl (C=O) groups excluding carboxylic acids is 2. The highest BCUT2D eigenvalue weighted by molar-refractivity contribution is 6.34. The molecule has 1 aromatic rings. The number of anilines is 1. The Morgan fingerprint density at radius 1 is 1.47 bits per heavy atom. The third-order valence-electron chi connectivity index (χ3n) is 1.95. The number of nitrogens with one attached hydrogen (secondary N) is 1. The van der Waals surface area contributed by atoms with Gasteiger partial charge in [0.05, 0.1) is 17.3 Å². The minimum atomic E-state index is -0.802. The summed E-state index contributed by atoms with van der Waals surface area (Å²) in [5, 5.41) is 2.11. The van der Waals surface area contributed by atoms with Gasteiger partial charge in [-0.2, -0.15) is 0 Å². The Labute approximate surface area is 103 Å². The lowest BCUT2D eigenvalue weighted by atomic mass is 10.1. The molecule has 0 fully saturated rings. The molecule has 1 rings (SSSR count). The van der Waals surface area contributed by atoms with Crippen LogP contribution >= 0.6 is 11.6 Å². The molecule has 0 aliphatic rings. The van der Waals surface area contributed by atoms with Gasteiger partial charge in [0.15, 0.2) is 5.78 Å². The van der Waals surface area contributed by atoms with Crippen LogP contribution in [0.25, 0.3) is 0 Å². The van der Waals surface area contributed by atoms with Gasteiger partial charge in [0.25, 0.3) is 0 Å². The van der Waals surface area contributed by atoms with Gasteiger partial charge in [-0.05, 0) is 26.0 Å². The molecule has 0 atom stereocenters. The first-order valence-electron chi connectivity index (χ1n) is 4.89. The average molecular weight is 260 g/mol. The van der Waals surface area contributed by atoms with Crippen molar-refractivity contribution in [2.45, 2.75) is 13.8 Å². The normalized spacial score (nSPS) is 9.88. The fraction of sp³-hybridized carbons (Fsp3) is 0.273. The molecule has 1 N–H and O–H groups in total. The van der Waals surface area contributed by atoms with E-state index in [0.717, 1.165) is 6.07 Å². The summed E-state index contributed by atoms with van der Waals surface area (Å²) in [7, 11) is 0. The molecule has 4 nitrogen and oxygen atoms in total. The monoisotopic (exact) mass is 259 g/mol. The van der Waals surface area contributed by atoms with Crippen molar-refractivity contribution in [2.24, 2.45) is 0 Å². The molecule has 6 heteroatoms. The summed E-state index contributed by atoms with van der Waals surface area (Å²) in [5.41, 5.74) is -0.0583. The summed E-state index contributed by atoms with van der Waals surface area (Å²) >= 11 is 5.76. The molecule has 0 spiro atoms. The number of hydrogen-bond acceptors (Lipinski definition) is 3. The van der Waals surface area contributed by atoms with Crippen LogP contribution in [0.5, 0.6) is 0 Å². The predicted octanol–water partition coefficient (Wildman–Crippen LogP) is 3.25. The number of benzene rings is 1. The minimum absolute atomic E-state index is 0.0525. The fourth-order valence-electron chi connectivity index (χ4n) is 1.17. The molecule has 0 bridgehead atoms. The highest BCUT2D eigenvalue weighted by Crippen LogP contribution is 2.27.